The van der Waals surface area contributed by atoms with Crippen LogP contribution in [0.3, 0.4) is 0 Å². The molecule has 0 atom stereocenters. The molecule has 0 aromatic heterocycles. The third-order valence-electron chi connectivity index (χ3n) is 2.01. The minimum Gasteiger partial charge on any atom is -0.296 e. The normalized spacial score (nSPS) is 30.9. The maximum atomic E-state index is 11.4. The molecule has 1 aliphatic heterocycles. The summed E-state index contributed by atoms with van der Waals surface area (Å²) >= 11 is 0. The Morgan fingerprint density at radius 1 is 1.30 bits per heavy atom. The predicted octanol–water partition coefficient (Wildman–Crippen LogP) is 0.752. The summed E-state index contributed by atoms with van der Waals surface area (Å²) in [4.78, 5) is 0. The SMILES string of the molecule is CC1(C)CNC(C)(C)N1[O]. The van der Waals surface area contributed by atoms with Gasteiger partial charge in [0.05, 0.1) is 11.2 Å². The van der Waals surface area contributed by atoms with E-state index < -0.39 is 0 Å². The molecule has 0 amide bonds. The summed E-state index contributed by atoms with van der Waals surface area (Å²) in [7, 11) is 0. The van der Waals surface area contributed by atoms with Crippen LogP contribution in [0.5, 0.6) is 0 Å². The topological polar surface area (TPSA) is 35.2 Å². The Balaban J connectivity index is 2.77. The summed E-state index contributed by atoms with van der Waals surface area (Å²) in [5.74, 6) is 0. The van der Waals surface area contributed by atoms with E-state index in [1.807, 2.05) is 27.7 Å². The summed E-state index contributed by atoms with van der Waals surface area (Å²) in [5, 5.41) is 15.7. The van der Waals surface area contributed by atoms with Gasteiger partial charge in [-0.3, -0.25) is 5.32 Å². The Bertz CT molecular complexity index is 127. The molecule has 0 bridgehead atoms. The average molecular weight is 143 g/mol. The highest BCUT2D eigenvalue weighted by atomic mass is 16.5. The van der Waals surface area contributed by atoms with E-state index in [1.54, 1.807) is 0 Å². The van der Waals surface area contributed by atoms with Gasteiger partial charge in [0.1, 0.15) is 0 Å². The van der Waals surface area contributed by atoms with Gasteiger partial charge in [-0.1, -0.05) is 0 Å². The highest BCUT2D eigenvalue weighted by Gasteiger charge is 2.44. The molecule has 0 saturated carbocycles. The molecule has 0 aromatic rings. The number of hydroxylamine groups is 2. The average Bonchev–Trinajstić information content (AvgIpc) is 1.95. The third kappa shape index (κ3) is 1.05. The first-order valence-corrected chi connectivity index (χ1v) is 3.59. The summed E-state index contributed by atoms with van der Waals surface area (Å²) < 4.78 is 0. The number of rotatable bonds is 0. The summed E-state index contributed by atoms with van der Waals surface area (Å²) in [6.07, 6.45) is 0. The Labute approximate surface area is 62.0 Å². The zero-order valence-electron chi connectivity index (χ0n) is 7.06. The lowest BCUT2D eigenvalue weighted by Crippen LogP contribution is -2.47. The molecule has 1 fully saturated rings. The van der Waals surface area contributed by atoms with Gasteiger partial charge in [-0.15, -0.1) is 10.3 Å². The lowest BCUT2D eigenvalue weighted by Gasteiger charge is -2.30. The molecule has 3 nitrogen and oxygen atoms in total. The second-order valence-corrected chi connectivity index (χ2v) is 4.02. The molecule has 0 spiro atoms. The van der Waals surface area contributed by atoms with E-state index in [9.17, 15) is 5.21 Å². The molecule has 0 aromatic carbocycles. The molecule has 0 aliphatic carbocycles. The van der Waals surface area contributed by atoms with Gasteiger partial charge in [0.25, 0.3) is 0 Å². The second kappa shape index (κ2) is 1.94. The molecule has 59 valence electrons. The van der Waals surface area contributed by atoms with Gasteiger partial charge in [0.15, 0.2) is 0 Å². The monoisotopic (exact) mass is 143 g/mol. The molecular formula is C7H15N2O. The van der Waals surface area contributed by atoms with Crippen LogP contribution in [-0.4, -0.2) is 22.8 Å². The van der Waals surface area contributed by atoms with Crippen molar-refractivity contribution in [3.63, 3.8) is 0 Å². The maximum absolute atomic E-state index is 11.4. The van der Waals surface area contributed by atoms with Gasteiger partial charge >= 0.3 is 0 Å². The van der Waals surface area contributed by atoms with Crippen LogP contribution in [0.4, 0.5) is 0 Å². The summed E-state index contributed by atoms with van der Waals surface area (Å²) in [6, 6.07) is 0. The Hall–Kier alpha value is -0.120. The zero-order valence-corrected chi connectivity index (χ0v) is 7.06. The predicted molar refractivity (Wildman–Crippen MR) is 38.7 cm³/mol. The number of nitrogens with zero attached hydrogens (tertiary/aromatic N) is 1. The first-order valence-electron chi connectivity index (χ1n) is 3.59. The van der Waals surface area contributed by atoms with Crippen LogP contribution in [0.15, 0.2) is 0 Å². The van der Waals surface area contributed by atoms with E-state index in [2.05, 4.69) is 5.32 Å². The van der Waals surface area contributed by atoms with Crippen molar-refractivity contribution in [2.75, 3.05) is 6.54 Å². The molecule has 1 rings (SSSR count). The van der Waals surface area contributed by atoms with E-state index in [1.165, 1.54) is 0 Å². The quantitative estimate of drug-likeness (QED) is 0.543. The van der Waals surface area contributed by atoms with Crippen molar-refractivity contribution in [1.29, 1.82) is 0 Å². The number of nitrogens with one attached hydrogen (secondary N) is 1. The fourth-order valence-electron chi connectivity index (χ4n) is 1.33. The Morgan fingerprint density at radius 2 is 1.80 bits per heavy atom. The standard InChI is InChI=1S/C7H15N2O/c1-6(2)5-8-7(3,4)9(6)10/h8H,5H2,1-4H3. The van der Waals surface area contributed by atoms with Gasteiger partial charge in [-0.2, -0.15) is 0 Å². The van der Waals surface area contributed by atoms with Gasteiger partial charge in [0, 0.05) is 6.54 Å². The minimum atomic E-state index is -0.385. The van der Waals surface area contributed by atoms with Crippen molar-refractivity contribution >= 4 is 0 Å². The van der Waals surface area contributed by atoms with Gasteiger partial charge < -0.3 is 0 Å². The van der Waals surface area contributed by atoms with Crippen molar-refractivity contribution in [3.8, 4) is 0 Å². The van der Waals surface area contributed by atoms with Gasteiger partial charge in [-0.25, -0.2) is 0 Å². The lowest BCUT2D eigenvalue weighted by atomic mass is 10.1. The van der Waals surface area contributed by atoms with Crippen LogP contribution < -0.4 is 5.32 Å². The highest BCUT2D eigenvalue weighted by Crippen LogP contribution is 2.26. The smallest absolute Gasteiger partial charge is 0.0934 e. The van der Waals surface area contributed by atoms with Crippen LogP contribution in [0.2, 0.25) is 0 Å². The van der Waals surface area contributed by atoms with E-state index in [0.29, 0.717) is 0 Å². The van der Waals surface area contributed by atoms with Gasteiger partial charge in [-0.05, 0) is 27.7 Å². The molecule has 1 radical (unpaired) electrons. The Kier molecular flexibility index (Phi) is 1.54. The zero-order chi connectivity index (χ0) is 7.99. The molecule has 3 heteroatoms. The van der Waals surface area contributed by atoms with Crippen LogP contribution in [-0.2, 0) is 5.21 Å². The van der Waals surface area contributed by atoms with Crippen molar-refractivity contribution < 1.29 is 5.21 Å². The van der Waals surface area contributed by atoms with Crippen molar-refractivity contribution in [2.24, 2.45) is 0 Å². The number of hydrogen-bond acceptors (Lipinski definition) is 2. The third-order valence-corrected chi connectivity index (χ3v) is 2.01. The fourth-order valence-corrected chi connectivity index (χ4v) is 1.33. The molecule has 1 heterocycles. The van der Waals surface area contributed by atoms with E-state index in [4.69, 9.17) is 0 Å². The fraction of sp³-hybridized carbons (Fsp3) is 1.00. The molecular weight excluding hydrogens is 128 g/mol. The lowest BCUT2D eigenvalue weighted by molar-refractivity contribution is -0.245. The first kappa shape index (κ1) is 7.98. The Morgan fingerprint density at radius 3 is 1.90 bits per heavy atom. The number of hydrogen-bond donors (Lipinski definition) is 1. The minimum absolute atomic E-state index is 0.247. The van der Waals surface area contributed by atoms with Crippen LogP contribution in [0.1, 0.15) is 27.7 Å². The molecule has 0 unspecified atom stereocenters. The van der Waals surface area contributed by atoms with Crippen molar-refractivity contribution in [2.45, 2.75) is 38.9 Å². The van der Waals surface area contributed by atoms with E-state index in [0.717, 1.165) is 11.6 Å². The van der Waals surface area contributed by atoms with Crippen LogP contribution in [0, 0.1) is 0 Å². The van der Waals surface area contributed by atoms with E-state index in [-0.39, 0.29) is 11.2 Å². The highest BCUT2D eigenvalue weighted by molar-refractivity contribution is 4.95. The molecule has 1 saturated heterocycles. The van der Waals surface area contributed by atoms with Gasteiger partial charge in [0.2, 0.25) is 0 Å². The maximum Gasteiger partial charge on any atom is 0.0934 e. The van der Waals surface area contributed by atoms with Crippen molar-refractivity contribution in [1.82, 2.24) is 10.4 Å². The van der Waals surface area contributed by atoms with E-state index >= 15 is 0 Å². The molecule has 10 heavy (non-hydrogen) atoms. The van der Waals surface area contributed by atoms with Crippen LogP contribution >= 0.6 is 0 Å². The second-order valence-electron chi connectivity index (χ2n) is 4.02. The van der Waals surface area contributed by atoms with Crippen molar-refractivity contribution in [3.05, 3.63) is 0 Å². The molecule has 1 aliphatic rings. The largest absolute Gasteiger partial charge is 0.296 e. The molecule has 1 N–H and O–H groups in total. The summed E-state index contributed by atoms with van der Waals surface area (Å²) in [6.45, 7) is 8.45. The first-order chi connectivity index (χ1) is 4.36. The van der Waals surface area contributed by atoms with Crippen LogP contribution in [0.25, 0.3) is 0 Å². The summed E-state index contributed by atoms with van der Waals surface area (Å²) in [5.41, 5.74) is -0.632.